The molecule has 1 unspecified atom stereocenters. The number of rotatable bonds is 2. The Balaban J connectivity index is 2.00. The van der Waals surface area contributed by atoms with Gasteiger partial charge in [-0.05, 0) is 30.9 Å². The summed E-state index contributed by atoms with van der Waals surface area (Å²) in [5.41, 5.74) is 2.42. The number of nitrogens with one attached hydrogen (secondary N) is 2. The number of amides is 1. The predicted molar refractivity (Wildman–Crippen MR) is 52.7 cm³/mol. The van der Waals surface area contributed by atoms with Crippen molar-refractivity contribution in [3.63, 3.8) is 0 Å². The van der Waals surface area contributed by atoms with E-state index >= 15 is 0 Å². The number of fused-ring (bicyclic) bond motifs is 1. The highest BCUT2D eigenvalue weighted by Crippen LogP contribution is 2.18. The molecule has 0 saturated carbocycles. The number of H-pyrrole nitrogens is 1. The lowest BCUT2D eigenvalue weighted by Crippen LogP contribution is -2.37. The predicted octanol–water partition coefficient (Wildman–Crippen LogP) is 0.569. The first-order valence-electron chi connectivity index (χ1n) is 4.73. The second-order valence-electron chi connectivity index (χ2n) is 3.53. The number of aryl methyl sites for hydroxylation is 1. The van der Waals surface area contributed by atoms with Crippen LogP contribution in [0.1, 0.15) is 17.7 Å². The molecular weight excluding hydrogens is 178 g/mol. The van der Waals surface area contributed by atoms with Crippen LogP contribution in [0.3, 0.4) is 0 Å². The fraction of sp³-hybridized carbons (Fsp3) is 0.400. The fourth-order valence-corrected chi connectivity index (χ4v) is 1.80. The lowest BCUT2D eigenvalue weighted by molar-refractivity contribution is -0.117. The standard InChI is InChI=1S/C10H13N3O/c1-2-10(14)12-8-3-4-9-7(5-8)6-11-13-9/h2,6,8H,1,3-5H2,(H,11,13)(H,12,14). The van der Waals surface area contributed by atoms with Gasteiger partial charge in [0, 0.05) is 11.7 Å². The molecule has 0 saturated heterocycles. The van der Waals surface area contributed by atoms with Gasteiger partial charge >= 0.3 is 0 Å². The molecule has 74 valence electrons. The Morgan fingerprint density at radius 3 is 3.43 bits per heavy atom. The van der Waals surface area contributed by atoms with Gasteiger partial charge in [-0.1, -0.05) is 6.58 Å². The molecule has 0 aromatic carbocycles. The van der Waals surface area contributed by atoms with Crippen LogP contribution >= 0.6 is 0 Å². The second kappa shape index (κ2) is 3.65. The Morgan fingerprint density at radius 2 is 2.64 bits per heavy atom. The van der Waals surface area contributed by atoms with E-state index in [1.54, 1.807) is 0 Å². The Kier molecular flexibility index (Phi) is 2.35. The average Bonchev–Trinajstić information content (AvgIpc) is 2.64. The van der Waals surface area contributed by atoms with Gasteiger partial charge in [-0.3, -0.25) is 9.89 Å². The van der Waals surface area contributed by atoms with Gasteiger partial charge in [0.25, 0.3) is 0 Å². The Bertz CT molecular complexity index is 356. The van der Waals surface area contributed by atoms with Gasteiger partial charge in [0.05, 0.1) is 6.20 Å². The van der Waals surface area contributed by atoms with E-state index in [-0.39, 0.29) is 11.9 Å². The van der Waals surface area contributed by atoms with Gasteiger partial charge in [0.1, 0.15) is 0 Å². The van der Waals surface area contributed by atoms with Crippen LogP contribution in [-0.4, -0.2) is 22.1 Å². The van der Waals surface area contributed by atoms with Gasteiger partial charge in [0.15, 0.2) is 0 Å². The van der Waals surface area contributed by atoms with E-state index in [4.69, 9.17) is 0 Å². The average molecular weight is 191 g/mol. The van der Waals surface area contributed by atoms with Crippen LogP contribution in [-0.2, 0) is 17.6 Å². The van der Waals surface area contributed by atoms with Crippen LogP contribution in [0.2, 0.25) is 0 Å². The molecule has 14 heavy (non-hydrogen) atoms. The number of carbonyl (C=O) groups excluding carboxylic acids is 1. The quantitative estimate of drug-likeness (QED) is 0.671. The summed E-state index contributed by atoms with van der Waals surface area (Å²) in [5, 5.41) is 9.84. The zero-order valence-electron chi connectivity index (χ0n) is 7.92. The zero-order chi connectivity index (χ0) is 9.97. The number of aromatic nitrogens is 2. The third kappa shape index (κ3) is 1.69. The number of carbonyl (C=O) groups is 1. The van der Waals surface area contributed by atoms with Crippen molar-refractivity contribution >= 4 is 5.91 Å². The number of aromatic amines is 1. The van der Waals surface area contributed by atoms with E-state index in [1.165, 1.54) is 17.3 Å². The zero-order valence-corrected chi connectivity index (χ0v) is 7.92. The van der Waals surface area contributed by atoms with Crippen LogP contribution in [0.15, 0.2) is 18.9 Å². The highest BCUT2D eigenvalue weighted by atomic mass is 16.1. The van der Waals surface area contributed by atoms with Crippen molar-refractivity contribution in [2.24, 2.45) is 0 Å². The molecule has 0 spiro atoms. The van der Waals surface area contributed by atoms with Gasteiger partial charge in [-0.15, -0.1) is 0 Å². The summed E-state index contributed by atoms with van der Waals surface area (Å²) in [7, 11) is 0. The third-order valence-corrected chi connectivity index (χ3v) is 2.55. The molecule has 4 heteroatoms. The molecule has 0 radical (unpaired) electrons. The van der Waals surface area contributed by atoms with Crippen LogP contribution in [0, 0.1) is 0 Å². The lowest BCUT2D eigenvalue weighted by atomic mass is 9.93. The van der Waals surface area contributed by atoms with Crippen molar-refractivity contribution in [2.45, 2.75) is 25.3 Å². The molecule has 2 rings (SSSR count). The van der Waals surface area contributed by atoms with Crippen molar-refractivity contribution in [3.05, 3.63) is 30.1 Å². The van der Waals surface area contributed by atoms with Crippen molar-refractivity contribution in [3.8, 4) is 0 Å². The molecular formula is C10H13N3O. The normalized spacial score (nSPS) is 19.9. The first-order valence-corrected chi connectivity index (χ1v) is 4.73. The van der Waals surface area contributed by atoms with Crippen molar-refractivity contribution in [2.75, 3.05) is 0 Å². The highest BCUT2D eigenvalue weighted by molar-refractivity contribution is 5.87. The summed E-state index contributed by atoms with van der Waals surface area (Å²) < 4.78 is 0. The molecule has 2 N–H and O–H groups in total. The maximum atomic E-state index is 11.1. The Labute approximate surface area is 82.4 Å². The minimum absolute atomic E-state index is 0.0954. The molecule has 4 nitrogen and oxygen atoms in total. The molecule has 1 aliphatic rings. The molecule has 1 aromatic rings. The molecule has 0 fully saturated rings. The molecule has 0 bridgehead atoms. The summed E-state index contributed by atoms with van der Waals surface area (Å²) >= 11 is 0. The number of nitrogens with zero attached hydrogens (tertiary/aromatic N) is 1. The smallest absolute Gasteiger partial charge is 0.243 e. The minimum Gasteiger partial charge on any atom is -0.349 e. The van der Waals surface area contributed by atoms with E-state index in [2.05, 4.69) is 22.1 Å². The molecule has 1 amide bonds. The van der Waals surface area contributed by atoms with Crippen LogP contribution in [0.25, 0.3) is 0 Å². The Hall–Kier alpha value is -1.58. The van der Waals surface area contributed by atoms with E-state index in [9.17, 15) is 4.79 Å². The number of hydrogen-bond acceptors (Lipinski definition) is 2. The first-order chi connectivity index (χ1) is 6.79. The number of hydrogen-bond donors (Lipinski definition) is 2. The monoisotopic (exact) mass is 191 g/mol. The third-order valence-electron chi connectivity index (χ3n) is 2.55. The highest BCUT2D eigenvalue weighted by Gasteiger charge is 2.20. The molecule has 1 atom stereocenters. The van der Waals surface area contributed by atoms with Crippen LogP contribution in [0.4, 0.5) is 0 Å². The van der Waals surface area contributed by atoms with E-state index in [0.717, 1.165) is 19.3 Å². The van der Waals surface area contributed by atoms with Crippen LogP contribution < -0.4 is 5.32 Å². The SMILES string of the molecule is C=CC(=O)NC1CCc2[nH]ncc2C1. The van der Waals surface area contributed by atoms with Crippen LogP contribution in [0.5, 0.6) is 0 Å². The summed E-state index contributed by atoms with van der Waals surface area (Å²) in [5.74, 6) is -0.0954. The van der Waals surface area contributed by atoms with Gasteiger partial charge in [-0.2, -0.15) is 5.10 Å². The largest absolute Gasteiger partial charge is 0.349 e. The van der Waals surface area contributed by atoms with Crippen molar-refractivity contribution in [1.29, 1.82) is 0 Å². The lowest BCUT2D eigenvalue weighted by Gasteiger charge is -2.21. The molecule has 1 aliphatic carbocycles. The molecule has 1 aromatic heterocycles. The summed E-state index contributed by atoms with van der Waals surface area (Å²) in [6.07, 6.45) is 5.93. The van der Waals surface area contributed by atoms with Gasteiger partial charge in [-0.25, -0.2) is 0 Å². The topological polar surface area (TPSA) is 57.8 Å². The van der Waals surface area contributed by atoms with E-state index in [1.807, 2.05) is 6.20 Å². The first kappa shape index (κ1) is 8.99. The summed E-state index contributed by atoms with van der Waals surface area (Å²) in [6.45, 7) is 3.43. The van der Waals surface area contributed by atoms with Gasteiger partial charge in [0.2, 0.25) is 5.91 Å². The van der Waals surface area contributed by atoms with Crippen molar-refractivity contribution < 1.29 is 4.79 Å². The molecule has 1 heterocycles. The summed E-state index contributed by atoms with van der Waals surface area (Å²) in [4.78, 5) is 11.1. The maximum absolute atomic E-state index is 11.1. The van der Waals surface area contributed by atoms with Gasteiger partial charge < -0.3 is 5.32 Å². The fourth-order valence-electron chi connectivity index (χ4n) is 1.80. The Morgan fingerprint density at radius 1 is 1.79 bits per heavy atom. The minimum atomic E-state index is -0.0954. The van der Waals surface area contributed by atoms with Crippen molar-refractivity contribution in [1.82, 2.24) is 15.5 Å². The second-order valence-corrected chi connectivity index (χ2v) is 3.53. The molecule has 0 aliphatic heterocycles. The summed E-state index contributed by atoms with van der Waals surface area (Å²) in [6, 6.07) is 0.227. The van der Waals surface area contributed by atoms with E-state index < -0.39 is 0 Å². The maximum Gasteiger partial charge on any atom is 0.243 e. The van der Waals surface area contributed by atoms with E-state index in [0.29, 0.717) is 0 Å².